The largest absolute Gasteiger partial charge is 0.507 e. The molecule has 2 rings (SSSR count). The van der Waals surface area contributed by atoms with Crippen molar-refractivity contribution in [3.63, 3.8) is 0 Å². The molecule has 8 heteroatoms. The lowest BCUT2D eigenvalue weighted by Gasteiger charge is -2.07. The van der Waals surface area contributed by atoms with Crippen LogP contribution in [0.1, 0.15) is 15.9 Å². The van der Waals surface area contributed by atoms with Gasteiger partial charge in [0.05, 0.1) is 17.3 Å². The van der Waals surface area contributed by atoms with Crippen LogP contribution in [0.25, 0.3) is 0 Å². The number of H-pyrrole nitrogens is 1. The number of halogens is 1. The zero-order valence-corrected chi connectivity index (χ0v) is 12.4. The van der Waals surface area contributed by atoms with Gasteiger partial charge in [-0.15, -0.1) is 0 Å². The number of carbonyl (C=O) groups is 1. The maximum atomic E-state index is 12.1. The van der Waals surface area contributed by atoms with E-state index in [1.54, 1.807) is 12.1 Å². The minimum absolute atomic E-state index is 0.102. The van der Waals surface area contributed by atoms with Gasteiger partial charge >= 0.3 is 0 Å². The average Bonchev–Trinajstić information content (AvgIpc) is 2.80. The SMILES string of the molecule is NC(=S)c1cn[nH]c1NC(=O)c1cc(I)ccc1O. The Morgan fingerprint density at radius 3 is 2.89 bits per heavy atom. The Labute approximate surface area is 127 Å². The number of aromatic hydroxyl groups is 1. The van der Waals surface area contributed by atoms with Crippen molar-refractivity contribution in [3.05, 3.63) is 39.1 Å². The molecule has 0 saturated heterocycles. The van der Waals surface area contributed by atoms with Crippen molar-refractivity contribution < 1.29 is 9.90 Å². The van der Waals surface area contributed by atoms with Gasteiger partial charge in [-0.05, 0) is 40.8 Å². The number of rotatable bonds is 3. The Morgan fingerprint density at radius 1 is 1.47 bits per heavy atom. The van der Waals surface area contributed by atoms with E-state index in [0.717, 1.165) is 3.57 Å². The van der Waals surface area contributed by atoms with Crippen molar-refractivity contribution in [3.8, 4) is 5.75 Å². The molecule has 0 aliphatic rings. The summed E-state index contributed by atoms with van der Waals surface area (Å²) in [5, 5.41) is 18.6. The summed E-state index contributed by atoms with van der Waals surface area (Å²) >= 11 is 6.89. The van der Waals surface area contributed by atoms with E-state index in [1.807, 2.05) is 0 Å². The molecule has 0 bridgehead atoms. The number of phenolic OH excluding ortho intramolecular Hbond substituents is 1. The summed E-state index contributed by atoms with van der Waals surface area (Å²) in [5.41, 5.74) is 6.10. The third-order valence-corrected chi connectivity index (χ3v) is 3.24. The molecule has 0 aliphatic heterocycles. The Morgan fingerprint density at radius 2 is 2.21 bits per heavy atom. The molecule has 1 heterocycles. The first-order valence-corrected chi connectivity index (χ1v) is 6.61. The molecule has 98 valence electrons. The third-order valence-electron chi connectivity index (χ3n) is 2.35. The van der Waals surface area contributed by atoms with Crippen LogP contribution in [-0.4, -0.2) is 26.2 Å². The zero-order valence-electron chi connectivity index (χ0n) is 9.48. The molecule has 6 nitrogen and oxygen atoms in total. The zero-order chi connectivity index (χ0) is 14.0. The summed E-state index contributed by atoms with van der Waals surface area (Å²) in [5.74, 6) is -0.275. The molecule has 19 heavy (non-hydrogen) atoms. The summed E-state index contributed by atoms with van der Waals surface area (Å²) in [6, 6.07) is 4.73. The second-order valence-electron chi connectivity index (χ2n) is 3.64. The molecule has 0 spiro atoms. The second kappa shape index (κ2) is 5.53. The molecule has 0 unspecified atom stereocenters. The van der Waals surface area contributed by atoms with Crippen molar-refractivity contribution in [2.24, 2.45) is 5.73 Å². The van der Waals surface area contributed by atoms with Gasteiger partial charge in [-0.1, -0.05) is 12.2 Å². The van der Waals surface area contributed by atoms with Crippen LogP contribution in [0.4, 0.5) is 5.82 Å². The van der Waals surface area contributed by atoms with Crippen LogP contribution in [0.2, 0.25) is 0 Å². The maximum absolute atomic E-state index is 12.1. The number of aromatic amines is 1. The number of phenols is 1. The summed E-state index contributed by atoms with van der Waals surface area (Å²) in [4.78, 5) is 12.2. The van der Waals surface area contributed by atoms with Crippen molar-refractivity contribution in [1.82, 2.24) is 10.2 Å². The van der Waals surface area contributed by atoms with Gasteiger partial charge in [0.2, 0.25) is 0 Å². The number of nitrogens with zero attached hydrogens (tertiary/aromatic N) is 1. The number of anilines is 1. The summed E-state index contributed by atoms with van der Waals surface area (Å²) in [7, 11) is 0. The first kappa shape index (κ1) is 13.7. The predicted molar refractivity (Wildman–Crippen MR) is 83.3 cm³/mol. The van der Waals surface area contributed by atoms with Crippen LogP contribution < -0.4 is 11.1 Å². The van der Waals surface area contributed by atoms with Crippen LogP contribution in [0, 0.1) is 3.57 Å². The van der Waals surface area contributed by atoms with Crippen LogP contribution in [0.3, 0.4) is 0 Å². The van der Waals surface area contributed by atoms with Crippen molar-refractivity contribution >= 4 is 51.5 Å². The van der Waals surface area contributed by atoms with Gasteiger partial charge in [-0.25, -0.2) is 0 Å². The quantitative estimate of drug-likeness (QED) is 0.473. The normalized spacial score (nSPS) is 10.2. The lowest BCUT2D eigenvalue weighted by molar-refractivity contribution is 0.102. The molecule has 1 amide bonds. The first-order chi connectivity index (χ1) is 8.99. The molecular weight excluding hydrogens is 379 g/mol. The third kappa shape index (κ3) is 3.01. The van der Waals surface area contributed by atoms with Gasteiger partial charge < -0.3 is 16.2 Å². The fourth-order valence-electron chi connectivity index (χ4n) is 1.44. The fraction of sp³-hybridized carbons (Fsp3) is 0. The highest BCUT2D eigenvalue weighted by Crippen LogP contribution is 2.21. The van der Waals surface area contributed by atoms with Crippen molar-refractivity contribution in [2.75, 3.05) is 5.32 Å². The Bertz CT molecular complexity index is 656. The van der Waals surface area contributed by atoms with E-state index in [2.05, 4.69) is 38.1 Å². The monoisotopic (exact) mass is 388 g/mol. The molecule has 1 aromatic heterocycles. The molecule has 0 fully saturated rings. The first-order valence-electron chi connectivity index (χ1n) is 5.12. The topological polar surface area (TPSA) is 104 Å². The van der Waals surface area contributed by atoms with E-state index in [0.29, 0.717) is 11.4 Å². The molecule has 0 atom stereocenters. The van der Waals surface area contributed by atoms with E-state index in [1.165, 1.54) is 12.3 Å². The van der Waals surface area contributed by atoms with Gasteiger partial charge in [0.25, 0.3) is 5.91 Å². The lowest BCUT2D eigenvalue weighted by Crippen LogP contribution is -2.17. The van der Waals surface area contributed by atoms with Gasteiger partial charge in [0.1, 0.15) is 16.6 Å². The van der Waals surface area contributed by atoms with Crippen molar-refractivity contribution in [1.29, 1.82) is 0 Å². The number of amides is 1. The number of thiocarbonyl (C=S) groups is 1. The van der Waals surface area contributed by atoms with E-state index in [9.17, 15) is 9.90 Å². The predicted octanol–water partition coefficient (Wildman–Crippen LogP) is 1.61. The molecule has 2 aromatic rings. The number of benzene rings is 1. The van der Waals surface area contributed by atoms with Gasteiger partial charge in [0.15, 0.2) is 0 Å². The molecule has 5 N–H and O–H groups in total. The van der Waals surface area contributed by atoms with Crippen LogP contribution in [-0.2, 0) is 0 Å². The van der Waals surface area contributed by atoms with E-state index < -0.39 is 5.91 Å². The van der Waals surface area contributed by atoms with Crippen LogP contribution >= 0.6 is 34.8 Å². The van der Waals surface area contributed by atoms with Gasteiger partial charge in [-0.2, -0.15) is 5.10 Å². The highest BCUT2D eigenvalue weighted by Gasteiger charge is 2.15. The maximum Gasteiger partial charge on any atom is 0.260 e. The number of nitrogens with one attached hydrogen (secondary N) is 2. The summed E-state index contributed by atoms with van der Waals surface area (Å²) in [6.07, 6.45) is 1.42. The fourth-order valence-corrected chi connectivity index (χ4v) is 2.09. The number of hydrogen-bond donors (Lipinski definition) is 4. The molecular formula is C11H9IN4O2S. The highest BCUT2D eigenvalue weighted by molar-refractivity contribution is 14.1. The minimum Gasteiger partial charge on any atom is -0.507 e. The molecule has 1 aromatic carbocycles. The van der Waals surface area contributed by atoms with Gasteiger partial charge in [0, 0.05) is 3.57 Å². The number of nitrogens with two attached hydrogens (primary N) is 1. The molecule has 0 aliphatic carbocycles. The number of hydrogen-bond acceptors (Lipinski definition) is 4. The average molecular weight is 388 g/mol. The van der Waals surface area contributed by atoms with Crippen molar-refractivity contribution in [2.45, 2.75) is 0 Å². The Hall–Kier alpha value is -1.68. The number of aromatic nitrogens is 2. The van der Waals surface area contributed by atoms with Crippen LogP contribution in [0.15, 0.2) is 24.4 Å². The number of carbonyl (C=O) groups excluding carboxylic acids is 1. The van der Waals surface area contributed by atoms with E-state index in [-0.39, 0.29) is 16.3 Å². The van der Waals surface area contributed by atoms with E-state index in [4.69, 9.17) is 18.0 Å². The van der Waals surface area contributed by atoms with Gasteiger partial charge in [-0.3, -0.25) is 9.89 Å². The summed E-state index contributed by atoms with van der Waals surface area (Å²) in [6.45, 7) is 0. The Kier molecular flexibility index (Phi) is 4.00. The smallest absolute Gasteiger partial charge is 0.260 e. The minimum atomic E-state index is -0.474. The standard InChI is InChI=1S/C11H9IN4O2S/c12-5-1-2-8(17)6(3-5)11(18)15-10-7(9(13)19)4-14-16-10/h1-4,17H,(H2,13,19)(H2,14,15,16,18). The summed E-state index contributed by atoms with van der Waals surface area (Å²) < 4.78 is 0.833. The lowest BCUT2D eigenvalue weighted by atomic mass is 10.2. The molecule has 0 radical (unpaired) electrons. The Balaban J connectivity index is 2.28. The second-order valence-corrected chi connectivity index (χ2v) is 5.32. The van der Waals surface area contributed by atoms with Crippen LogP contribution in [0.5, 0.6) is 5.75 Å². The van der Waals surface area contributed by atoms with E-state index >= 15 is 0 Å². The molecule has 0 saturated carbocycles. The highest BCUT2D eigenvalue weighted by atomic mass is 127.